The molecule has 0 saturated carbocycles. The quantitative estimate of drug-likeness (QED) is 0.300. The van der Waals surface area contributed by atoms with E-state index in [4.69, 9.17) is 0 Å². The van der Waals surface area contributed by atoms with Gasteiger partial charge in [-0.2, -0.15) is 26.3 Å². The molecule has 0 aliphatic carbocycles. The Morgan fingerprint density at radius 1 is 1.00 bits per heavy atom. The van der Waals surface area contributed by atoms with Gasteiger partial charge in [-0.25, -0.2) is 14.8 Å². The van der Waals surface area contributed by atoms with Gasteiger partial charge in [0.1, 0.15) is 17.9 Å². The van der Waals surface area contributed by atoms with Crippen molar-refractivity contribution in [3.8, 4) is 11.4 Å². The van der Waals surface area contributed by atoms with Crippen molar-refractivity contribution < 1.29 is 26.3 Å². The average Bonchev–Trinajstić information content (AvgIpc) is 3.15. The molecule has 0 fully saturated rings. The number of fused-ring (bicyclic) bond motifs is 2. The molecule has 3 aromatic heterocycles. The summed E-state index contributed by atoms with van der Waals surface area (Å²) in [7, 11) is 2.94. The van der Waals surface area contributed by atoms with Crippen LogP contribution in [0.5, 0.6) is 0 Å². The first-order valence-electron chi connectivity index (χ1n) is 9.64. The Balaban J connectivity index is 2.00. The molecule has 0 aliphatic rings. The summed E-state index contributed by atoms with van der Waals surface area (Å²) >= 11 is 1.37. The second kappa shape index (κ2) is 7.82. The number of aryl methyl sites for hydroxylation is 2. The van der Waals surface area contributed by atoms with Gasteiger partial charge in [-0.1, -0.05) is 6.92 Å². The van der Waals surface area contributed by atoms with Crippen molar-refractivity contribution in [1.82, 2.24) is 23.7 Å². The Hall–Kier alpha value is -2.96. The molecule has 0 N–H and O–H groups in total. The molecule has 176 valence electrons. The summed E-state index contributed by atoms with van der Waals surface area (Å²) < 4.78 is 81.9. The topological polar surface area (TPSA) is 57.6 Å². The summed E-state index contributed by atoms with van der Waals surface area (Å²) in [6, 6.07) is 3.90. The molecule has 33 heavy (non-hydrogen) atoms. The van der Waals surface area contributed by atoms with Gasteiger partial charge in [-0.05, 0) is 24.0 Å². The summed E-state index contributed by atoms with van der Waals surface area (Å²) in [4.78, 5) is 21.3. The van der Waals surface area contributed by atoms with Gasteiger partial charge in [0.05, 0.1) is 16.6 Å². The standard InChI is InChI=1S/C20H17F6N5OS/c1-4-33-15-7-13-14(31(9-19(21,22)23)18(32)29(13)2)6-11(15)16-28-12-5-10(20(24,25)26)8-27-17(12)30(16)3/h5-8H,4,9H2,1-3H3. The fourth-order valence-electron chi connectivity index (χ4n) is 3.68. The minimum absolute atomic E-state index is 0.00406. The Morgan fingerprint density at radius 3 is 2.30 bits per heavy atom. The minimum atomic E-state index is -4.62. The van der Waals surface area contributed by atoms with Gasteiger partial charge in [-0.3, -0.25) is 9.13 Å². The van der Waals surface area contributed by atoms with Crippen molar-refractivity contribution in [2.75, 3.05) is 5.75 Å². The highest BCUT2D eigenvalue weighted by Gasteiger charge is 2.33. The maximum atomic E-state index is 13.1. The molecule has 0 aliphatic heterocycles. The number of nitrogens with zero attached hydrogens (tertiary/aromatic N) is 5. The van der Waals surface area contributed by atoms with Gasteiger partial charge in [-0.15, -0.1) is 11.8 Å². The number of rotatable bonds is 4. The van der Waals surface area contributed by atoms with E-state index in [9.17, 15) is 31.1 Å². The molecule has 3 heterocycles. The van der Waals surface area contributed by atoms with Crippen LogP contribution in [0.3, 0.4) is 0 Å². The first-order valence-corrected chi connectivity index (χ1v) is 10.6. The lowest BCUT2D eigenvalue weighted by Crippen LogP contribution is -2.28. The number of pyridine rings is 1. The first-order chi connectivity index (χ1) is 15.3. The van der Waals surface area contributed by atoms with Crippen molar-refractivity contribution >= 4 is 34.0 Å². The average molecular weight is 489 g/mol. The summed E-state index contributed by atoms with van der Waals surface area (Å²) in [6.07, 6.45) is -8.51. The number of alkyl halides is 6. The number of imidazole rings is 2. The van der Waals surface area contributed by atoms with Crippen LogP contribution in [0, 0.1) is 0 Å². The highest BCUT2D eigenvalue weighted by Crippen LogP contribution is 2.37. The van der Waals surface area contributed by atoms with E-state index in [0.717, 1.165) is 10.6 Å². The molecule has 0 spiro atoms. The maximum absolute atomic E-state index is 13.1. The Bertz CT molecular complexity index is 1430. The van der Waals surface area contributed by atoms with Crippen LogP contribution in [0.4, 0.5) is 26.3 Å². The molecule has 0 unspecified atom stereocenters. The van der Waals surface area contributed by atoms with E-state index in [-0.39, 0.29) is 22.5 Å². The van der Waals surface area contributed by atoms with Crippen molar-refractivity contribution in [2.24, 2.45) is 14.1 Å². The van der Waals surface area contributed by atoms with E-state index in [1.807, 2.05) is 6.92 Å². The van der Waals surface area contributed by atoms with Crippen LogP contribution in [0.1, 0.15) is 12.5 Å². The number of hydrogen-bond donors (Lipinski definition) is 0. The normalized spacial score (nSPS) is 12.9. The fraction of sp³-hybridized carbons (Fsp3) is 0.350. The van der Waals surface area contributed by atoms with Crippen LogP contribution in [0.2, 0.25) is 0 Å². The van der Waals surface area contributed by atoms with Crippen molar-refractivity contribution in [3.05, 3.63) is 40.4 Å². The molecular weight excluding hydrogens is 472 g/mol. The highest BCUT2D eigenvalue weighted by atomic mass is 32.2. The largest absolute Gasteiger partial charge is 0.417 e. The van der Waals surface area contributed by atoms with Gasteiger partial charge in [0, 0.05) is 30.8 Å². The van der Waals surface area contributed by atoms with Crippen LogP contribution in [0.25, 0.3) is 33.6 Å². The predicted molar refractivity (Wildman–Crippen MR) is 112 cm³/mol. The Labute approximate surface area is 186 Å². The fourth-order valence-corrected chi connectivity index (χ4v) is 4.50. The lowest BCUT2D eigenvalue weighted by molar-refractivity contribution is -0.140. The zero-order valence-electron chi connectivity index (χ0n) is 17.5. The lowest BCUT2D eigenvalue weighted by atomic mass is 10.1. The minimum Gasteiger partial charge on any atom is -0.312 e. The van der Waals surface area contributed by atoms with Gasteiger partial charge in [0.2, 0.25) is 0 Å². The number of benzene rings is 1. The number of thioether (sulfide) groups is 1. The number of halogens is 6. The van der Waals surface area contributed by atoms with Gasteiger partial charge in [0.15, 0.2) is 5.65 Å². The van der Waals surface area contributed by atoms with E-state index in [1.54, 1.807) is 13.1 Å². The van der Waals surface area contributed by atoms with E-state index >= 15 is 0 Å². The zero-order chi connectivity index (χ0) is 24.3. The lowest BCUT2D eigenvalue weighted by Gasteiger charge is -2.11. The van der Waals surface area contributed by atoms with Gasteiger partial charge in [0.25, 0.3) is 0 Å². The van der Waals surface area contributed by atoms with Crippen molar-refractivity contribution in [2.45, 2.75) is 30.7 Å². The predicted octanol–water partition coefficient (Wildman–Crippen LogP) is 4.98. The van der Waals surface area contributed by atoms with Crippen LogP contribution in [-0.4, -0.2) is 35.6 Å². The number of hydrogen-bond acceptors (Lipinski definition) is 4. The molecule has 0 saturated heterocycles. The number of aromatic nitrogens is 5. The van der Waals surface area contributed by atoms with Crippen LogP contribution in [0.15, 0.2) is 34.1 Å². The second-order valence-corrected chi connectivity index (χ2v) is 8.68. The molecule has 0 radical (unpaired) electrons. The van der Waals surface area contributed by atoms with Gasteiger partial charge < -0.3 is 4.57 Å². The zero-order valence-corrected chi connectivity index (χ0v) is 18.4. The maximum Gasteiger partial charge on any atom is 0.417 e. The first kappa shape index (κ1) is 23.2. The molecule has 6 nitrogen and oxygen atoms in total. The molecule has 0 amide bonds. The van der Waals surface area contributed by atoms with Crippen LogP contribution < -0.4 is 5.69 Å². The molecule has 1 aromatic carbocycles. The van der Waals surface area contributed by atoms with Gasteiger partial charge >= 0.3 is 18.0 Å². The third kappa shape index (κ3) is 4.09. The van der Waals surface area contributed by atoms with E-state index < -0.39 is 30.2 Å². The monoisotopic (exact) mass is 489 g/mol. The third-order valence-corrected chi connectivity index (χ3v) is 6.10. The molecule has 0 bridgehead atoms. The highest BCUT2D eigenvalue weighted by molar-refractivity contribution is 7.99. The van der Waals surface area contributed by atoms with Crippen LogP contribution >= 0.6 is 11.8 Å². The summed E-state index contributed by atoms with van der Waals surface area (Å²) in [6.45, 7) is 0.403. The van der Waals surface area contributed by atoms with E-state index in [1.165, 1.54) is 29.4 Å². The van der Waals surface area contributed by atoms with E-state index in [0.29, 0.717) is 32.5 Å². The van der Waals surface area contributed by atoms with Crippen LogP contribution in [-0.2, 0) is 26.8 Å². The smallest absolute Gasteiger partial charge is 0.312 e. The molecular formula is C20H17F6N5OS. The third-order valence-electron chi connectivity index (χ3n) is 5.16. The molecule has 4 rings (SSSR count). The molecule has 13 heteroatoms. The summed E-state index contributed by atoms with van der Waals surface area (Å²) in [5, 5.41) is 0. The summed E-state index contributed by atoms with van der Waals surface area (Å²) in [5.74, 6) is 0.834. The SMILES string of the molecule is CCSc1cc2c(cc1-c1nc3cc(C(F)(F)F)cnc3n1C)n(CC(F)(F)F)c(=O)n2C. The molecule has 0 atom stereocenters. The van der Waals surface area contributed by atoms with E-state index in [2.05, 4.69) is 9.97 Å². The van der Waals surface area contributed by atoms with Crippen molar-refractivity contribution in [1.29, 1.82) is 0 Å². The summed E-state index contributed by atoms with van der Waals surface area (Å²) in [5.41, 5.74) is -0.855. The van der Waals surface area contributed by atoms with Crippen molar-refractivity contribution in [3.63, 3.8) is 0 Å². The Kier molecular flexibility index (Phi) is 5.50. The second-order valence-electron chi connectivity index (χ2n) is 7.37. The molecule has 4 aromatic rings. The Morgan fingerprint density at radius 2 is 1.70 bits per heavy atom.